The average Bonchev–Trinajstić information content (AvgIpc) is 2.36. The van der Waals surface area contributed by atoms with Gasteiger partial charge in [0.25, 0.3) is 0 Å². The van der Waals surface area contributed by atoms with E-state index in [9.17, 15) is 4.79 Å². The van der Waals surface area contributed by atoms with Crippen LogP contribution in [0.25, 0.3) is 0 Å². The second-order valence-electron chi connectivity index (χ2n) is 7.20. The summed E-state index contributed by atoms with van der Waals surface area (Å²) in [5.74, 6) is 2.75. The van der Waals surface area contributed by atoms with E-state index in [4.69, 9.17) is 5.73 Å². The van der Waals surface area contributed by atoms with Crippen LogP contribution in [-0.2, 0) is 0 Å². The lowest BCUT2D eigenvalue weighted by Gasteiger charge is -2.35. The van der Waals surface area contributed by atoms with Crippen LogP contribution in [0.1, 0.15) is 52.4 Å². The number of nitrogens with two attached hydrogens (primary N) is 1. The molecule has 0 aromatic heterocycles. The molecule has 0 spiro atoms. The molecule has 0 bridgehead atoms. The van der Waals surface area contributed by atoms with Crippen LogP contribution in [0.5, 0.6) is 0 Å². The number of nitrogens with zero attached hydrogens (tertiary/aromatic N) is 1. The van der Waals surface area contributed by atoms with Gasteiger partial charge < -0.3 is 16.0 Å². The van der Waals surface area contributed by atoms with Gasteiger partial charge in [0.15, 0.2) is 0 Å². The Kier molecular flexibility index (Phi) is 5.70. The maximum atomic E-state index is 10.8. The van der Waals surface area contributed by atoms with E-state index >= 15 is 0 Å². The Bertz CT molecular complexity index is 303. The largest absolute Gasteiger partial charge is 0.352 e. The molecule has 4 heteroatoms. The van der Waals surface area contributed by atoms with E-state index in [-0.39, 0.29) is 6.03 Å². The fraction of sp³-hybridized carbons (Fsp3) is 0.938. The number of piperidine rings is 1. The van der Waals surface area contributed by atoms with E-state index in [1.807, 2.05) is 0 Å². The van der Waals surface area contributed by atoms with Crippen molar-refractivity contribution in [2.24, 2.45) is 23.5 Å². The second-order valence-corrected chi connectivity index (χ2v) is 7.20. The van der Waals surface area contributed by atoms with Crippen molar-refractivity contribution in [2.45, 2.75) is 58.4 Å². The molecule has 1 saturated heterocycles. The number of urea groups is 1. The van der Waals surface area contributed by atoms with E-state index < -0.39 is 0 Å². The van der Waals surface area contributed by atoms with Gasteiger partial charge in [-0.1, -0.05) is 13.8 Å². The Morgan fingerprint density at radius 3 is 2.30 bits per heavy atom. The number of primary amides is 1. The summed E-state index contributed by atoms with van der Waals surface area (Å²) in [6, 6.07) is -0.0906. The molecular formula is C16H31N3O. The summed E-state index contributed by atoms with van der Waals surface area (Å²) in [5.41, 5.74) is 5.18. The summed E-state index contributed by atoms with van der Waals surface area (Å²) in [6.07, 6.45) is 7.69. The smallest absolute Gasteiger partial charge is 0.312 e. The lowest BCUT2D eigenvalue weighted by molar-refractivity contribution is 0.157. The molecule has 116 valence electrons. The summed E-state index contributed by atoms with van der Waals surface area (Å²) in [7, 11) is 0. The normalized spacial score (nSPS) is 33.0. The summed E-state index contributed by atoms with van der Waals surface area (Å²) in [5, 5.41) is 2.83. The molecule has 20 heavy (non-hydrogen) atoms. The first kappa shape index (κ1) is 15.6. The van der Waals surface area contributed by atoms with Crippen LogP contribution in [-0.4, -0.2) is 36.6 Å². The van der Waals surface area contributed by atoms with Crippen molar-refractivity contribution in [3.05, 3.63) is 0 Å². The predicted molar refractivity (Wildman–Crippen MR) is 82.5 cm³/mol. The van der Waals surface area contributed by atoms with Crippen molar-refractivity contribution in [1.82, 2.24) is 10.2 Å². The van der Waals surface area contributed by atoms with Crippen molar-refractivity contribution in [1.29, 1.82) is 0 Å². The average molecular weight is 281 g/mol. The fourth-order valence-corrected chi connectivity index (χ4v) is 4.22. The molecule has 2 atom stereocenters. The molecule has 0 aromatic carbocycles. The quantitative estimate of drug-likeness (QED) is 0.832. The first-order valence-corrected chi connectivity index (χ1v) is 8.31. The predicted octanol–water partition coefficient (Wildman–Crippen LogP) is 2.58. The fourth-order valence-electron chi connectivity index (χ4n) is 4.22. The van der Waals surface area contributed by atoms with E-state index in [1.165, 1.54) is 32.2 Å². The third-order valence-corrected chi connectivity index (χ3v) is 5.06. The van der Waals surface area contributed by atoms with Gasteiger partial charge in [0, 0.05) is 19.1 Å². The van der Waals surface area contributed by atoms with E-state index in [2.05, 4.69) is 24.1 Å². The first-order valence-electron chi connectivity index (χ1n) is 8.31. The highest BCUT2D eigenvalue weighted by atomic mass is 16.2. The van der Waals surface area contributed by atoms with Crippen LogP contribution in [0.3, 0.4) is 0 Å². The Labute approximate surface area is 123 Å². The maximum absolute atomic E-state index is 10.8. The number of carbonyl (C=O) groups is 1. The molecule has 1 saturated carbocycles. The third-order valence-electron chi connectivity index (χ3n) is 5.06. The van der Waals surface area contributed by atoms with E-state index in [0.29, 0.717) is 6.04 Å². The van der Waals surface area contributed by atoms with Crippen LogP contribution >= 0.6 is 0 Å². The standard InChI is InChI=1S/C16H31N3O/c1-12-9-13(2)11-14(10-12)3-6-19-7-4-15(5-8-19)18-16(17)20/h12-15H,3-11H2,1-2H3,(H3,17,18,20)/t12-,13-/m0/s1. The Balaban J connectivity index is 1.64. The molecule has 1 heterocycles. The van der Waals surface area contributed by atoms with Crippen LogP contribution in [0.4, 0.5) is 4.79 Å². The van der Waals surface area contributed by atoms with Gasteiger partial charge in [-0.2, -0.15) is 0 Å². The van der Waals surface area contributed by atoms with Crippen molar-refractivity contribution in [3.63, 3.8) is 0 Å². The maximum Gasteiger partial charge on any atom is 0.312 e. The molecule has 4 nitrogen and oxygen atoms in total. The van der Waals surface area contributed by atoms with Gasteiger partial charge in [-0.3, -0.25) is 0 Å². The van der Waals surface area contributed by atoms with Gasteiger partial charge >= 0.3 is 6.03 Å². The molecule has 0 unspecified atom stereocenters. The van der Waals surface area contributed by atoms with Gasteiger partial charge in [0.1, 0.15) is 0 Å². The Hall–Kier alpha value is -0.770. The minimum Gasteiger partial charge on any atom is -0.352 e. The lowest BCUT2D eigenvalue weighted by atomic mass is 9.75. The van der Waals surface area contributed by atoms with Gasteiger partial charge in [-0.05, 0) is 62.8 Å². The van der Waals surface area contributed by atoms with Crippen LogP contribution < -0.4 is 11.1 Å². The molecule has 0 aromatic rings. The van der Waals surface area contributed by atoms with Crippen molar-refractivity contribution in [3.8, 4) is 0 Å². The van der Waals surface area contributed by atoms with Crippen molar-refractivity contribution >= 4 is 6.03 Å². The van der Waals surface area contributed by atoms with E-state index in [1.54, 1.807) is 0 Å². The minimum absolute atomic E-state index is 0.290. The van der Waals surface area contributed by atoms with Gasteiger partial charge in [0.2, 0.25) is 0 Å². The number of amides is 2. The number of hydrogen-bond acceptors (Lipinski definition) is 2. The molecular weight excluding hydrogens is 250 g/mol. The third kappa shape index (κ3) is 4.97. The van der Waals surface area contributed by atoms with Crippen LogP contribution in [0.15, 0.2) is 0 Å². The number of rotatable bonds is 4. The highest BCUT2D eigenvalue weighted by Gasteiger charge is 2.25. The summed E-state index contributed by atoms with van der Waals surface area (Å²) in [4.78, 5) is 13.4. The molecule has 1 aliphatic heterocycles. The van der Waals surface area contributed by atoms with Crippen LogP contribution in [0.2, 0.25) is 0 Å². The van der Waals surface area contributed by atoms with Gasteiger partial charge in [-0.25, -0.2) is 4.79 Å². The molecule has 3 N–H and O–H groups in total. The molecule has 2 amide bonds. The van der Waals surface area contributed by atoms with Crippen molar-refractivity contribution in [2.75, 3.05) is 19.6 Å². The molecule has 1 aliphatic carbocycles. The monoisotopic (exact) mass is 281 g/mol. The topological polar surface area (TPSA) is 58.4 Å². The number of likely N-dealkylation sites (tertiary alicyclic amines) is 1. The summed E-state index contributed by atoms with van der Waals surface area (Å²) in [6.45, 7) is 8.24. The zero-order chi connectivity index (χ0) is 14.5. The molecule has 0 radical (unpaired) electrons. The lowest BCUT2D eigenvalue weighted by Crippen LogP contribution is -2.46. The summed E-state index contributed by atoms with van der Waals surface area (Å²) < 4.78 is 0. The molecule has 2 fully saturated rings. The van der Waals surface area contributed by atoms with E-state index in [0.717, 1.165) is 43.7 Å². The molecule has 2 aliphatic rings. The number of hydrogen-bond donors (Lipinski definition) is 2. The summed E-state index contributed by atoms with van der Waals surface area (Å²) >= 11 is 0. The minimum atomic E-state index is -0.381. The van der Waals surface area contributed by atoms with Gasteiger partial charge in [-0.15, -0.1) is 0 Å². The Morgan fingerprint density at radius 2 is 1.75 bits per heavy atom. The number of nitrogens with one attached hydrogen (secondary N) is 1. The highest BCUT2D eigenvalue weighted by molar-refractivity contribution is 5.71. The number of carbonyl (C=O) groups excluding carboxylic acids is 1. The van der Waals surface area contributed by atoms with Crippen molar-refractivity contribution < 1.29 is 4.79 Å². The SMILES string of the molecule is C[C@@H]1CC(CCN2CCC(NC(N)=O)CC2)C[C@@H](C)C1. The second kappa shape index (κ2) is 7.30. The Morgan fingerprint density at radius 1 is 1.15 bits per heavy atom. The van der Waals surface area contributed by atoms with Crippen LogP contribution in [0, 0.1) is 17.8 Å². The zero-order valence-corrected chi connectivity index (χ0v) is 13.1. The zero-order valence-electron chi connectivity index (χ0n) is 13.1. The van der Waals surface area contributed by atoms with Gasteiger partial charge in [0.05, 0.1) is 0 Å². The highest BCUT2D eigenvalue weighted by Crippen LogP contribution is 2.34. The molecule has 2 rings (SSSR count). The first-order chi connectivity index (χ1) is 9.52.